The minimum Gasteiger partial charge on any atom is -0.476 e. The minimum absolute atomic E-state index is 0.0639. The molecule has 0 unspecified atom stereocenters. The summed E-state index contributed by atoms with van der Waals surface area (Å²) in [5.74, 6) is -1.49. The quantitative estimate of drug-likeness (QED) is 0.525. The Labute approximate surface area is 170 Å². The third-order valence-corrected chi connectivity index (χ3v) is 4.31. The van der Waals surface area contributed by atoms with Crippen LogP contribution >= 0.6 is 11.6 Å². The topological polar surface area (TPSA) is 102 Å². The molecule has 0 aliphatic rings. The van der Waals surface area contributed by atoms with Gasteiger partial charge in [-0.1, -0.05) is 23.7 Å². The van der Waals surface area contributed by atoms with E-state index in [0.717, 1.165) is 5.69 Å². The molecule has 0 saturated carbocycles. The van der Waals surface area contributed by atoms with Gasteiger partial charge in [0.05, 0.1) is 11.4 Å². The molecule has 4 aromatic rings. The first-order valence-electron chi connectivity index (χ1n) is 8.52. The number of aromatic nitrogens is 4. The van der Waals surface area contributed by atoms with Crippen LogP contribution in [0.1, 0.15) is 21.0 Å². The van der Waals surface area contributed by atoms with Crippen LogP contribution in [0.4, 0.5) is 5.69 Å². The largest absolute Gasteiger partial charge is 0.476 e. The maximum Gasteiger partial charge on any atom is 0.356 e. The molecule has 144 valence electrons. The summed E-state index contributed by atoms with van der Waals surface area (Å²) < 4.78 is 2.99. The van der Waals surface area contributed by atoms with Crippen LogP contribution in [0, 0.1) is 0 Å². The predicted molar refractivity (Wildman–Crippen MR) is 107 cm³/mol. The Balaban J connectivity index is 1.52. The van der Waals surface area contributed by atoms with Crippen molar-refractivity contribution in [2.75, 3.05) is 5.32 Å². The third-order valence-electron chi connectivity index (χ3n) is 4.07. The molecule has 0 saturated heterocycles. The number of carbonyl (C=O) groups is 2. The Hall–Kier alpha value is -3.91. The van der Waals surface area contributed by atoms with Gasteiger partial charge in [0.25, 0.3) is 5.91 Å². The third kappa shape index (κ3) is 4.02. The first-order chi connectivity index (χ1) is 14.0. The second-order valence-corrected chi connectivity index (χ2v) is 6.52. The first-order valence-corrected chi connectivity index (χ1v) is 8.90. The van der Waals surface area contributed by atoms with E-state index in [1.54, 1.807) is 59.4 Å². The van der Waals surface area contributed by atoms with E-state index in [0.29, 0.717) is 16.4 Å². The van der Waals surface area contributed by atoms with Crippen LogP contribution in [0.3, 0.4) is 0 Å². The number of nitrogens with zero attached hydrogens (tertiary/aromatic N) is 4. The van der Waals surface area contributed by atoms with Crippen molar-refractivity contribution in [2.45, 2.75) is 0 Å². The summed E-state index contributed by atoms with van der Waals surface area (Å²) in [6, 6.07) is 17.0. The van der Waals surface area contributed by atoms with Gasteiger partial charge in [0.2, 0.25) is 0 Å². The fourth-order valence-corrected chi connectivity index (χ4v) is 2.90. The molecule has 2 heterocycles. The van der Waals surface area contributed by atoms with Crippen molar-refractivity contribution in [1.82, 2.24) is 19.6 Å². The van der Waals surface area contributed by atoms with Gasteiger partial charge in [-0.15, -0.1) is 0 Å². The van der Waals surface area contributed by atoms with Crippen LogP contribution in [-0.2, 0) is 0 Å². The number of nitrogens with one attached hydrogen (secondary N) is 1. The van der Waals surface area contributed by atoms with Crippen LogP contribution in [0.2, 0.25) is 5.02 Å². The van der Waals surface area contributed by atoms with Crippen LogP contribution in [0.25, 0.3) is 11.4 Å². The standard InChI is InChI=1S/C20H14ClN5O3/c21-13-3-1-5-15(11-13)25-9-7-17(23-25)19(27)22-14-4-2-6-16(12-14)26-10-8-18(24-26)20(28)29/h1-12H,(H,22,27)(H,28,29). The maximum absolute atomic E-state index is 12.6. The van der Waals surface area contributed by atoms with Gasteiger partial charge >= 0.3 is 5.97 Å². The lowest BCUT2D eigenvalue weighted by molar-refractivity contribution is 0.0689. The van der Waals surface area contributed by atoms with Gasteiger partial charge in [-0.25, -0.2) is 14.2 Å². The van der Waals surface area contributed by atoms with Gasteiger partial charge < -0.3 is 10.4 Å². The molecule has 2 N–H and O–H groups in total. The van der Waals surface area contributed by atoms with Crippen molar-refractivity contribution in [3.8, 4) is 11.4 Å². The zero-order valence-corrected chi connectivity index (χ0v) is 15.6. The minimum atomic E-state index is -1.11. The second-order valence-electron chi connectivity index (χ2n) is 6.08. The summed E-state index contributed by atoms with van der Waals surface area (Å²) in [6.45, 7) is 0. The number of benzene rings is 2. The van der Waals surface area contributed by atoms with E-state index in [9.17, 15) is 9.59 Å². The fourth-order valence-electron chi connectivity index (χ4n) is 2.71. The van der Waals surface area contributed by atoms with Crippen LogP contribution < -0.4 is 5.32 Å². The summed E-state index contributed by atoms with van der Waals surface area (Å²) in [5, 5.41) is 20.6. The summed E-state index contributed by atoms with van der Waals surface area (Å²) in [6.07, 6.45) is 3.21. The second kappa shape index (κ2) is 7.61. The molecule has 0 aliphatic heterocycles. The smallest absolute Gasteiger partial charge is 0.356 e. The molecule has 1 amide bonds. The molecule has 29 heavy (non-hydrogen) atoms. The molecule has 0 radical (unpaired) electrons. The average Bonchev–Trinajstić information content (AvgIpc) is 3.38. The lowest BCUT2D eigenvalue weighted by atomic mass is 10.2. The molecular weight excluding hydrogens is 394 g/mol. The number of hydrogen-bond acceptors (Lipinski definition) is 4. The zero-order chi connectivity index (χ0) is 20.4. The summed E-state index contributed by atoms with van der Waals surface area (Å²) in [7, 11) is 0. The predicted octanol–water partition coefficient (Wildman–Crippen LogP) is 3.66. The fraction of sp³-hybridized carbons (Fsp3) is 0. The van der Waals surface area contributed by atoms with E-state index in [1.165, 1.54) is 16.9 Å². The van der Waals surface area contributed by atoms with Crippen molar-refractivity contribution >= 4 is 29.2 Å². The number of hydrogen-bond donors (Lipinski definition) is 2. The first kappa shape index (κ1) is 18.5. The molecule has 0 fully saturated rings. The molecule has 0 bridgehead atoms. The van der Waals surface area contributed by atoms with Crippen LogP contribution in [0.15, 0.2) is 73.1 Å². The summed E-state index contributed by atoms with van der Waals surface area (Å²) >= 11 is 6.00. The zero-order valence-electron chi connectivity index (χ0n) is 14.9. The highest BCUT2D eigenvalue weighted by atomic mass is 35.5. The van der Waals surface area contributed by atoms with Gasteiger partial charge in [0.1, 0.15) is 0 Å². The number of carboxylic acids is 1. The molecule has 2 aromatic heterocycles. The van der Waals surface area contributed by atoms with Crippen molar-refractivity contribution in [3.63, 3.8) is 0 Å². The number of carbonyl (C=O) groups excluding carboxylic acids is 1. The molecule has 0 spiro atoms. The van der Waals surface area contributed by atoms with Gasteiger partial charge in [-0.05, 0) is 48.5 Å². The van der Waals surface area contributed by atoms with Crippen molar-refractivity contribution in [1.29, 1.82) is 0 Å². The maximum atomic E-state index is 12.6. The Morgan fingerprint density at radius 1 is 0.862 bits per heavy atom. The monoisotopic (exact) mass is 407 g/mol. The Bertz CT molecular complexity index is 1210. The van der Waals surface area contributed by atoms with Gasteiger partial charge in [-0.2, -0.15) is 10.2 Å². The average molecular weight is 408 g/mol. The van der Waals surface area contributed by atoms with E-state index in [-0.39, 0.29) is 17.3 Å². The van der Waals surface area contributed by atoms with Crippen molar-refractivity contribution < 1.29 is 14.7 Å². The SMILES string of the molecule is O=C(O)c1ccn(-c2cccc(NC(=O)c3ccn(-c4cccc(Cl)c4)n3)c2)n1. The number of aromatic carboxylic acids is 1. The molecular formula is C20H14ClN5O3. The Morgan fingerprint density at radius 2 is 1.48 bits per heavy atom. The van der Waals surface area contributed by atoms with Crippen LogP contribution in [-0.4, -0.2) is 36.5 Å². The molecule has 0 atom stereocenters. The van der Waals surface area contributed by atoms with E-state index in [2.05, 4.69) is 15.5 Å². The summed E-state index contributed by atoms with van der Waals surface area (Å²) in [4.78, 5) is 23.5. The molecule has 2 aromatic carbocycles. The molecule has 9 heteroatoms. The van der Waals surface area contributed by atoms with Crippen molar-refractivity contribution in [3.05, 3.63) is 89.5 Å². The van der Waals surface area contributed by atoms with E-state index in [1.807, 2.05) is 6.07 Å². The molecule has 8 nitrogen and oxygen atoms in total. The normalized spacial score (nSPS) is 10.7. The summed E-state index contributed by atoms with van der Waals surface area (Å²) in [5.41, 5.74) is 2.05. The van der Waals surface area contributed by atoms with Gasteiger partial charge in [0, 0.05) is 23.1 Å². The number of rotatable bonds is 5. The highest BCUT2D eigenvalue weighted by molar-refractivity contribution is 6.30. The number of amides is 1. The molecule has 4 rings (SSSR count). The molecule has 0 aliphatic carbocycles. The van der Waals surface area contributed by atoms with Gasteiger partial charge in [0.15, 0.2) is 11.4 Å². The Kier molecular flexibility index (Phi) is 4.84. The Morgan fingerprint density at radius 3 is 2.14 bits per heavy atom. The van der Waals surface area contributed by atoms with E-state index in [4.69, 9.17) is 16.7 Å². The number of carboxylic acid groups (broad SMARTS) is 1. The van der Waals surface area contributed by atoms with E-state index < -0.39 is 5.97 Å². The van der Waals surface area contributed by atoms with Gasteiger partial charge in [-0.3, -0.25) is 4.79 Å². The highest BCUT2D eigenvalue weighted by Crippen LogP contribution is 2.17. The highest BCUT2D eigenvalue weighted by Gasteiger charge is 2.12. The lowest BCUT2D eigenvalue weighted by Crippen LogP contribution is -2.13. The van der Waals surface area contributed by atoms with Crippen molar-refractivity contribution in [2.24, 2.45) is 0 Å². The number of anilines is 1. The number of halogens is 1. The van der Waals surface area contributed by atoms with E-state index >= 15 is 0 Å². The lowest BCUT2D eigenvalue weighted by Gasteiger charge is -2.07. The van der Waals surface area contributed by atoms with Crippen LogP contribution in [0.5, 0.6) is 0 Å².